The predicted octanol–water partition coefficient (Wildman–Crippen LogP) is 5.86. The number of aryl methyl sites for hydroxylation is 1. The van der Waals surface area contributed by atoms with Crippen LogP contribution >= 0.6 is 0 Å². The van der Waals surface area contributed by atoms with Crippen molar-refractivity contribution >= 4 is 28.9 Å². The van der Waals surface area contributed by atoms with Gasteiger partial charge in [-0.1, -0.05) is 39.0 Å². The van der Waals surface area contributed by atoms with E-state index in [2.05, 4.69) is 0 Å². The van der Waals surface area contributed by atoms with Crippen LogP contribution in [-0.2, 0) is 49.2 Å². The van der Waals surface area contributed by atoms with Gasteiger partial charge in [0.25, 0.3) is 0 Å². The second kappa shape index (κ2) is 27.8. The lowest BCUT2D eigenvalue weighted by molar-refractivity contribution is -0.320. The van der Waals surface area contributed by atoms with E-state index in [0.29, 0.717) is 50.2 Å². The van der Waals surface area contributed by atoms with Crippen molar-refractivity contribution in [3.05, 3.63) is 51.8 Å². The van der Waals surface area contributed by atoms with Gasteiger partial charge in [0, 0.05) is 69.4 Å². The molecule has 0 aliphatic carbocycles. The van der Waals surface area contributed by atoms with Crippen LogP contribution < -0.4 is 5.43 Å². The number of carbonyl (C=O) groups excluding carboxylic acids is 1. The van der Waals surface area contributed by atoms with E-state index in [1.54, 1.807) is 38.5 Å². The van der Waals surface area contributed by atoms with E-state index in [4.69, 9.17) is 37.9 Å². The Balaban J connectivity index is 1.29. The van der Waals surface area contributed by atoms with Crippen molar-refractivity contribution in [2.45, 2.75) is 218 Å². The Labute approximate surface area is 457 Å². The number of hydrogen-bond acceptors (Lipinski definition) is 17. The van der Waals surface area contributed by atoms with Gasteiger partial charge in [0.2, 0.25) is 5.43 Å². The first-order chi connectivity index (χ1) is 36.1. The Morgan fingerprint density at radius 2 is 1.62 bits per heavy atom. The highest BCUT2D eigenvalue weighted by Crippen LogP contribution is 2.41. The number of aliphatic hydroxyl groups excluding tert-OH is 2. The third kappa shape index (κ3) is 15.7. The fourth-order valence-corrected chi connectivity index (χ4v) is 12.0. The summed E-state index contributed by atoms with van der Waals surface area (Å²) < 4.78 is 53.2. The highest BCUT2D eigenvalue weighted by molar-refractivity contribution is 5.93. The number of fused-ring (bicyclic) bond motifs is 1. The number of aromatic nitrogens is 1. The summed E-state index contributed by atoms with van der Waals surface area (Å²) in [7, 11) is 7.24. The minimum atomic E-state index is -1.83. The minimum Gasteiger partial charge on any atom is -0.477 e. The van der Waals surface area contributed by atoms with Crippen molar-refractivity contribution < 1.29 is 73.0 Å². The number of hydrogen-bond donors (Lipinski definition) is 5. The molecule has 0 spiro atoms. The first kappa shape index (κ1) is 64.4. The van der Waals surface area contributed by atoms with Crippen molar-refractivity contribution in [3.63, 3.8) is 0 Å². The second-order valence-electron chi connectivity index (χ2n) is 23.3. The van der Waals surface area contributed by atoms with Gasteiger partial charge in [-0.15, -0.1) is 0 Å². The molecular formula is C58H95N3O16. The number of nitrogens with zero attached hydrogens (tertiary/aromatic N) is 3. The van der Waals surface area contributed by atoms with E-state index < -0.39 is 107 Å². The standard InChI is InChI=1S/C58H95N3O16/c1-16-45-58(11,69)50(64)38(7)60(14)32-34(3)30-56(9,68)51(77-55-48(63)44(59(12)13)28-35(4)73-55)36(5)49(37(6)54(67)75-45)76-46-31-57(10,70-15)52(39(8)74-46)72-27-20-18-19-25-71-26-21-22-40-23-24-43-41(29-40)47(62)42(53(65)66)33-61(43)17-2/h21-24,29,33-39,44-46,48-52,55,63-64,68-69H,16-20,25-28,30-32H2,1-15H3,(H,65,66)/b22-21+/t34-,35-,36+,37-,38-,39+,44+,45-,46+,48-,49+,50-,51-,52+,55+,56-,57-,58-/m1/s1. The smallest absolute Gasteiger partial charge is 0.341 e. The second-order valence-corrected chi connectivity index (χ2v) is 23.3. The fraction of sp³-hybridized carbons (Fsp3) is 0.776. The van der Waals surface area contributed by atoms with Crippen molar-refractivity contribution in [3.8, 4) is 0 Å². The highest BCUT2D eigenvalue weighted by Gasteiger charge is 2.53. The van der Waals surface area contributed by atoms with Crippen molar-refractivity contribution in [1.82, 2.24) is 14.4 Å². The molecule has 1 aromatic carbocycles. The van der Waals surface area contributed by atoms with Crippen molar-refractivity contribution in [1.29, 1.82) is 0 Å². The fourth-order valence-electron chi connectivity index (χ4n) is 12.0. The number of cyclic esters (lactones) is 1. The quantitative estimate of drug-likeness (QED) is 0.0818. The maximum Gasteiger partial charge on any atom is 0.341 e. The molecule has 4 heterocycles. The number of aromatic carboxylic acids is 1. The molecule has 5 N–H and O–H groups in total. The van der Waals surface area contributed by atoms with E-state index in [1.807, 2.05) is 104 Å². The van der Waals surface area contributed by atoms with Crippen molar-refractivity contribution in [2.24, 2.45) is 17.8 Å². The molecule has 3 saturated heterocycles. The molecular weight excluding hydrogens is 995 g/mol. The predicted molar refractivity (Wildman–Crippen MR) is 292 cm³/mol. The number of carboxylic acid groups (broad SMARTS) is 1. The van der Waals surface area contributed by atoms with Crippen molar-refractivity contribution in [2.75, 3.05) is 54.6 Å². The number of unbranched alkanes of at least 4 members (excludes halogenated alkanes) is 2. The molecule has 0 bridgehead atoms. The third-order valence-electron chi connectivity index (χ3n) is 16.6. The van der Waals surface area contributed by atoms with Crippen LogP contribution in [0.4, 0.5) is 0 Å². The number of likely N-dealkylation sites (N-methyl/N-ethyl adjacent to an activating group) is 2. The minimum absolute atomic E-state index is 0.170. The molecule has 77 heavy (non-hydrogen) atoms. The molecule has 1 aromatic heterocycles. The van der Waals surface area contributed by atoms with Crippen LogP contribution in [0.15, 0.2) is 35.3 Å². The summed E-state index contributed by atoms with van der Waals surface area (Å²) in [5.74, 6) is -3.92. The van der Waals surface area contributed by atoms with Gasteiger partial charge in [-0.3, -0.25) is 9.59 Å². The summed E-state index contributed by atoms with van der Waals surface area (Å²) in [6.07, 6.45) is -0.303. The van der Waals surface area contributed by atoms with Gasteiger partial charge >= 0.3 is 11.9 Å². The molecule has 3 fully saturated rings. The van der Waals surface area contributed by atoms with Gasteiger partial charge in [-0.2, -0.15) is 0 Å². The molecule has 5 rings (SSSR count). The number of pyridine rings is 1. The summed E-state index contributed by atoms with van der Waals surface area (Å²) in [6, 6.07) is 4.56. The van der Waals surface area contributed by atoms with E-state index in [1.165, 1.54) is 13.1 Å². The SMILES string of the molecule is CC[C@H]1OC(=O)[C@H](C)[C@@H](O[C@H]2C[C@@](C)(OC)[C@@H](OCCCCCOC/C=C/c3ccc4c(c3)c(=O)c(C(=O)O)cn4CC)[C@H](C)O2)[C@H](C)[C@@H](O[C@@H]2O[C@H](C)C[C@H](N(C)C)[C@H]2O)[C@](C)(O)C[C@@H](C)CN(C)[C@H](C)[C@@H](O)[C@]1(C)O. The Hall–Kier alpha value is -3.41. The maximum atomic E-state index is 14.6. The van der Waals surface area contributed by atoms with Crippen LogP contribution in [0.3, 0.4) is 0 Å². The maximum absolute atomic E-state index is 14.6. The monoisotopic (exact) mass is 1090 g/mol. The number of carboxylic acids is 1. The first-order valence-electron chi connectivity index (χ1n) is 27.9. The number of carbonyl (C=O) groups is 2. The van der Waals surface area contributed by atoms with E-state index in [-0.39, 0.29) is 42.9 Å². The van der Waals surface area contributed by atoms with Crippen LogP contribution in [-0.4, -0.2) is 197 Å². The van der Waals surface area contributed by atoms with E-state index >= 15 is 0 Å². The molecule has 0 unspecified atom stereocenters. The van der Waals surface area contributed by atoms with Gasteiger partial charge in [0.05, 0.1) is 53.7 Å². The van der Waals surface area contributed by atoms with E-state index in [0.717, 1.165) is 24.8 Å². The molecule has 0 amide bonds. The summed E-state index contributed by atoms with van der Waals surface area (Å²) in [5, 5.41) is 58.0. The number of benzene rings is 1. The lowest BCUT2D eigenvalue weighted by Gasteiger charge is -2.49. The number of rotatable bonds is 19. The molecule has 19 nitrogen and oxygen atoms in total. The molecule has 3 aliphatic heterocycles. The van der Waals surface area contributed by atoms with Gasteiger partial charge < -0.3 is 77.8 Å². The van der Waals surface area contributed by atoms with Crippen LogP contribution in [0.5, 0.6) is 0 Å². The molecule has 2 aromatic rings. The summed E-state index contributed by atoms with van der Waals surface area (Å²) in [6.45, 7) is 22.2. The topological polar surface area (TPSA) is 238 Å². The molecule has 0 saturated carbocycles. The highest BCUT2D eigenvalue weighted by atomic mass is 16.7. The Kier molecular flexibility index (Phi) is 23.3. The first-order valence-corrected chi connectivity index (χ1v) is 27.9. The summed E-state index contributed by atoms with van der Waals surface area (Å²) in [5.41, 5.74) is -3.65. The van der Waals surface area contributed by atoms with Gasteiger partial charge in [0.15, 0.2) is 12.6 Å². The van der Waals surface area contributed by atoms with Gasteiger partial charge in [-0.05, 0) is 139 Å². The average molecular weight is 1090 g/mol. The molecule has 19 heteroatoms. The zero-order valence-electron chi connectivity index (χ0n) is 48.7. The van der Waals surface area contributed by atoms with Gasteiger partial charge in [0.1, 0.15) is 35.6 Å². The number of esters is 1. The Morgan fingerprint density at radius 1 is 0.935 bits per heavy atom. The third-order valence-corrected chi connectivity index (χ3v) is 16.6. The number of ether oxygens (including phenoxy) is 8. The van der Waals surface area contributed by atoms with Gasteiger partial charge in [-0.25, -0.2) is 4.79 Å². The lowest BCUT2D eigenvalue weighted by Crippen LogP contribution is -2.61. The number of aliphatic hydroxyl groups is 4. The van der Waals surface area contributed by atoms with Crippen LogP contribution in [0.25, 0.3) is 17.0 Å². The van der Waals surface area contributed by atoms with Crippen LogP contribution in [0.2, 0.25) is 0 Å². The average Bonchev–Trinajstić information content (AvgIpc) is 3.37. The molecule has 18 atom stereocenters. The Morgan fingerprint density at radius 3 is 2.26 bits per heavy atom. The molecule has 438 valence electrons. The van der Waals surface area contributed by atoms with Crippen LogP contribution in [0.1, 0.15) is 137 Å². The largest absolute Gasteiger partial charge is 0.477 e. The van der Waals surface area contributed by atoms with Crippen LogP contribution in [0, 0.1) is 17.8 Å². The zero-order valence-corrected chi connectivity index (χ0v) is 48.7. The lowest BCUT2D eigenvalue weighted by atomic mass is 9.77. The zero-order chi connectivity index (χ0) is 57.3. The Bertz CT molecular complexity index is 2310. The number of methoxy groups -OCH3 is 1. The molecule has 3 aliphatic rings. The normalized spacial score (nSPS) is 37.5. The molecule has 0 radical (unpaired) electrons. The summed E-state index contributed by atoms with van der Waals surface area (Å²) >= 11 is 0. The van der Waals surface area contributed by atoms with E-state index in [9.17, 15) is 39.9 Å². The summed E-state index contributed by atoms with van der Waals surface area (Å²) in [4.78, 5) is 43.0.